The number of esters is 1. The molecular weight excluding hydrogens is 396 g/mol. The molecule has 1 aromatic carbocycles. The number of hydrogen-bond acceptors (Lipinski definition) is 7. The highest BCUT2D eigenvalue weighted by molar-refractivity contribution is 7.80. The van der Waals surface area contributed by atoms with Crippen molar-refractivity contribution in [2.24, 2.45) is 11.8 Å². The molecule has 4 fully saturated rings. The fourth-order valence-electron chi connectivity index (χ4n) is 5.50. The zero-order valence-electron chi connectivity index (χ0n) is 15.7. The van der Waals surface area contributed by atoms with Crippen LogP contribution in [0.15, 0.2) is 30.3 Å². The smallest absolute Gasteiger partial charge is 0.412 e. The Bertz CT molecular complexity index is 926. The normalized spacial score (nSPS) is 34.1. The number of hydrazine groups is 1. The Kier molecular flexibility index (Phi) is 3.88. The first-order valence-electron chi connectivity index (χ1n) is 9.45. The first kappa shape index (κ1) is 18.3. The van der Waals surface area contributed by atoms with E-state index in [9.17, 15) is 14.4 Å². The van der Waals surface area contributed by atoms with Crippen LogP contribution in [-0.2, 0) is 25.7 Å². The van der Waals surface area contributed by atoms with E-state index in [1.807, 2.05) is 30.3 Å². The molecule has 3 heterocycles. The van der Waals surface area contributed by atoms with Gasteiger partial charge in [-0.15, -0.1) is 0 Å². The van der Waals surface area contributed by atoms with Gasteiger partial charge in [-0.2, -0.15) is 0 Å². The summed E-state index contributed by atoms with van der Waals surface area (Å²) in [6, 6.07) is 9.31. The van der Waals surface area contributed by atoms with Crippen LogP contribution in [0.4, 0.5) is 4.79 Å². The molecule has 1 aliphatic carbocycles. The molecule has 3 saturated heterocycles. The highest BCUT2D eigenvalue weighted by atomic mass is 32.1. The van der Waals surface area contributed by atoms with Gasteiger partial charge >= 0.3 is 12.1 Å². The Labute approximate surface area is 172 Å². The number of hydrogen-bond donors (Lipinski definition) is 2. The Hall–Kier alpha value is -2.72. The number of methoxy groups -OCH3 is 1. The summed E-state index contributed by atoms with van der Waals surface area (Å²) in [6.07, 6.45) is 0.580. The summed E-state index contributed by atoms with van der Waals surface area (Å²) < 4.78 is 10.6. The molecule has 4 aliphatic rings. The van der Waals surface area contributed by atoms with E-state index < -0.39 is 35.1 Å². The number of nitrogens with zero attached hydrogens (tertiary/aromatic N) is 2. The highest BCUT2D eigenvalue weighted by Gasteiger charge is 2.81. The number of carbonyl (C=O) groups excluding carboxylic acids is 3. The molecule has 0 radical (unpaired) electrons. The number of thiocarbonyl (C=S) groups is 1. The Morgan fingerprint density at radius 2 is 2.07 bits per heavy atom. The molecule has 9 nitrogen and oxygen atoms in total. The van der Waals surface area contributed by atoms with Crippen LogP contribution in [0.1, 0.15) is 18.4 Å². The molecule has 1 aromatic rings. The number of amides is 2. The van der Waals surface area contributed by atoms with Gasteiger partial charge in [0.1, 0.15) is 12.1 Å². The van der Waals surface area contributed by atoms with Gasteiger partial charge in [-0.1, -0.05) is 30.3 Å². The SMILES string of the molecule is COC(=O)[C@@]12CC[C@H]3CN(C(=O)OCc4ccccc4)[C@]4(C(=O)NC(=S)N4N1)[C@H]32. The van der Waals surface area contributed by atoms with Crippen molar-refractivity contribution in [3.8, 4) is 0 Å². The van der Waals surface area contributed by atoms with Crippen LogP contribution >= 0.6 is 12.2 Å². The van der Waals surface area contributed by atoms with Crippen molar-refractivity contribution in [1.29, 1.82) is 0 Å². The molecule has 1 spiro atoms. The molecule has 0 bridgehead atoms. The van der Waals surface area contributed by atoms with E-state index in [1.54, 1.807) is 0 Å². The van der Waals surface area contributed by atoms with Gasteiger partial charge in [-0.05, 0) is 36.5 Å². The molecule has 152 valence electrons. The predicted octanol–water partition coefficient (Wildman–Crippen LogP) is 0.508. The number of nitrogens with one attached hydrogen (secondary N) is 2. The summed E-state index contributed by atoms with van der Waals surface area (Å²) in [5.41, 5.74) is 1.45. The maximum atomic E-state index is 13.1. The maximum absolute atomic E-state index is 13.1. The lowest BCUT2D eigenvalue weighted by molar-refractivity contribution is -0.150. The molecule has 3 aliphatic heterocycles. The molecular formula is C19H20N4O5S. The quantitative estimate of drug-likeness (QED) is 0.543. The zero-order chi connectivity index (χ0) is 20.4. The van der Waals surface area contributed by atoms with Gasteiger partial charge < -0.3 is 9.47 Å². The monoisotopic (exact) mass is 416 g/mol. The average molecular weight is 416 g/mol. The molecule has 2 N–H and O–H groups in total. The van der Waals surface area contributed by atoms with Crippen molar-refractivity contribution in [3.05, 3.63) is 35.9 Å². The van der Waals surface area contributed by atoms with Crippen LogP contribution in [-0.4, -0.2) is 57.8 Å². The molecule has 5 rings (SSSR count). The standard InChI is InChI=1S/C19H20N4O5S/c1-27-15(25)18-8-7-12-9-22(17(26)28-10-11-5-3-2-4-6-11)19(13(12)18)14(24)20-16(29)23(19)21-18/h2-6,12-13,21H,7-10H2,1H3,(H,20,24,29)/t12-,13+,18-,19+/m0/s1. The molecule has 29 heavy (non-hydrogen) atoms. The third-order valence-electron chi connectivity index (χ3n) is 6.56. The summed E-state index contributed by atoms with van der Waals surface area (Å²) in [4.78, 5) is 40.4. The lowest BCUT2D eigenvalue weighted by Gasteiger charge is -2.35. The van der Waals surface area contributed by atoms with Gasteiger partial charge in [0.05, 0.1) is 7.11 Å². The van der Waals surface area contributed by atoms with Crippen molar-refractivity contribution in [3.63, 3.8) is 0 Å². The molecule has 10 heteroatoms. The zero-order valence-corrected chi connectivity index (χ0v) is 16.5. The van der Waals surface area contributed by atoms with Crippen LogP contribution in [0.5, 0.6) is 0 Å². The van der Waals surface area contributed by atoms with Crippen LogP contribution in [0, 0.1) is 11.8 Å². The lowest BCUT2D eigenvalue weighted by Crippen LogP contribution is -2.61. The average Bonchev–Trinajstić information content (AvgIpc) is 3.41. The van der Waals surface area contributed by atoms with Gasteiger partial charge in [0.15, 0.2) is 5.11 Å². The van der Waals surface area contributed by atoms with Crippen LogP contribution < -0.4 is 10.7 Å². The molecule has 0 unspecified atom stereocenters. The summed E-state index contributed by atoms with van der Waals surface area (Å²) in [5, 5.41) is 4.22. The van der Waals surface area contributed by atoms with Gasteiger partial charge in [0, 0.05) is 12.5 Å². The number of benzene rings is 1. The minimum atomic E-state index is -1.43. The number of likely N-dealkylation sites (tertiary alicyclic amines) is 1. The van der Waals surface area contributed by atoms with Gasteiger partial charge in [-0.25, -0.2) is 20.0 Å². The first-order valence-corrected chi connectivity index (χ1v) is 9.86. The van der Waals surface area contributed by atoms with Gasteiger partial charge in [-0.3, -0.25) is 15.0 Å². The third kappa shape index (κ3) is 2.18. The third-order valence-corrected chi connectivity index (χ3v) is 6.84. The van der Waals surface area contributed by atoms with E-state index in [0.29, 0.717) is 19.4 Å². The van der Waals surface area contributed by atoms with E-state index in [-0.39, 0.29) is 17.6 Å². The molecule has 1 saturated carbocycles. The van der Waals surface area contributed by atoms with Crippen molar-refractivity contribution >= 4 is 35.3 Å². The second-order valence-electron chi connectivity index (χ2n) is 7.82. The lowest BCUT2D eigenvalue weighted by atomic mass is 9.78. The number of rotatable bonds is 3. The first-order chi connectivity index (χ1) is 13.9. The highest BCUT2D eigenvalue weighted by Crippen LogP contribution is 2.60. The molecule has 0 aromatic heterocycles. The largest absolute Gasteiger partial charge is 0.468 e. The van der Waals surface area contributed by atoms with Crippen LogP contribution in [0.2, 0.25) is 0 Å². The minimum Gasteiger partial charge on any atom is -0.468 e. The van der Waals surface area contributed by atoms with Crippen molar-refractivity contribution in [2.75, 3.05) is 13.7 Å². The summed E-state index contributed by atoms with van der Waals surface area (Å²) in [6.45, 7) is 0.397. The molecule has 2 amide bonds. The number of carbonyl (C=O) groups is 3. The van der Waals surface area contributed by atoms with E-state index >= 15 is 0 Å². The summed E-state index contributed by atoms with van der Waals surface area (Å²) in [7, 11) is 1.32. The van der Waals surface area contributed by atoms with Crippen molar-refractivity contribution < 1.29 is 23.9 Å². The fourth-order valence-corrected chi connectivity index (χ4v) is 5.78. The van der Waals surface area contributed by atoms with E-state index in [4.69, 9.17) is 21.7 Å². The van der Waals surface area contributed by atoms with Gasteiger partial charge in [0.2, 0.25) is 5.66 Å². The van der Waals surface area contributed by atoms with Gasteiger partial charge in [0.25, 0.3) is 5.91 Å². The molecule has 4 atom stereocenters. The second kappa shape index (κ2) is 6.14. The van der Waals surface area contributed by atoms with Crippen molar-refractivity contribution in [1.82, 2.24) is 20.7 Å². The van der Waals surface area contributed by atoms with Crippen LogP contribution in [0.25, 0.3) is 0 Å². The van der Waals surface area contributed by atoms with E-state index in [0.717, 1.165) is 5.56 Å². The fraction of sp³-hybridized carbons (Fsp3) is 0.474. The van der Waals surface area contributed by atoms with Crippen molar-refractivity contribution in [2.45, 2.75) is 30.7 Å². The second-order valence-corrected chi connectivity index (χ2v) is 8.21. The Morgan fingerprint density at radius 1 is 1.31 bits per heavy atom. The summed E-state index contributed by atoms with van der Waals surface area (Å²) >= 11 is 5.32. The van der Waals surface area contributed by atoms with Crippen LogP contribution in [0.3, 0.4) is 0 Å². The minimum absolute atomic E-state index is 0.0532. The Morgan fingerprint density at radius 3 is 2.79 bits per heavy atom. The maximum Gasteiger partial charge on any atom is 0.412 e. The Balaban J connectivity index is 1.51. The van der Waals surface area contributed by atoms with E-state index in [1.165, 1.54) is 17.0 Å². The topological polar surface area (TPSA) is 100 Å². The summed E-state index contributed by atoms with van der Waals surface area (Å²) in [5.74, 6) is -1.41. The predicted molar refractivity (Wildman–Crippen MR) is 103 cm³/mol. The van der Waals surface area contributed by atoms with E-state index in [2.05, 4.69) is 10.7 Å². The number of ether oxygens (including phenoxy) is 2.